The molecule has 1 aromatic rings. The summed E-state index contributed by atoms with van der Waals surface area (Å²) in [7, 11) is 0. The van der Waals surface area contributed by atoms with Gasteiger partial charge in [0.25, 0.3) is 5.91 Å². The Balaban J connectivity index is 1.87. The number of carbonyl (C=O) groups is 2. The van der Waals surface area contributed by atoms with Crippen molar-refractivity contribution in [3.63, 3.8) is 0 Å². The predicted molar refractivity (Wildman–Crippen MR) is 89.5 cm³/mol. The molecule has 1 aliphatic heterocycles. The second-order valence-corrected chi connectivity index (χ2v) is 6.35. The van der Waals surface area contributed by atoms with Gasteiger partial charge in [0.1, 0.15) is 5.75 Å². The van der Waals surface area contributed by atoms with Crippen molar-refractivity contribution in [3.05, 3.63) is 29.8 Å². The number of hydrogen-bond donors (Lipinski definition) is 0. The molecule has 23 heavy (non-hydrogen) atoms. The molecule has 1 saturated heterocycles. The van der Waals surface area contributed by atoms with E-state index in [1.807, 2.05) is 24.3 Å². The Morgan fingerprint density at radius 3 is 2.13 bits per heavy atom. The molecule has 0 N–H and O–H groups in total. The number of carbonyl (C=O) groups excluding carboxylic acids is 2. The minimum atomic E-state index is 0.0157. The van der Waals surface area contributed by atoms with Gasteiger partial charge < -0.3 is 14.5 Å². The topological polar surface area (TPSA) is 49.9 Å². The zero-order valence-corrected chi connectivity index (χ0v) is 14.2. The molecular formula is C18H26N2O3. The molecule has 1 heterocycles. The Morgan fingerprint density at radius 2 is 1.61 bits per heavy atom. The molecule has 0 bridgehead atoms. The van der Waals surface area contributed by atoms with Gasteiger partial charge >= 0.3 is 0 Å². The van der Waals surface area contributed by atoms with Crippen LogP contribution in [-0.4, -0.2) is 54.4 Å². The van der Waals surface area contributed by atoms with Crippen molar-refractivity contribution in [2.75, 3.05) is 32.8 Å². The van der Waals surface area contributed by atoms with E-state index in [-0.39, 0.29) is 11.8 Å². The Hall–Kier alpha value is -2.04. The lowest BCUT2D eigenvalue weighted by atomic mass is 10.1. The highest BCUT2D eigenvalue weighted by molar-refractivity contribution is 5.94. The van der Waals surface area contributed by atoms with E-state index in [0.29, 0.717) is 44.3 Å². The van der Waals surface area contributed by atoms with Crippen molar-refractivity contribution in [2.45, 2.75) is 27.2 Å². The van der Waals surface area contributed by atoms with Crippen LogP contribution in [0.4, 0.5) is 0 Å². The Labute approximate surface area is 138 Å². The summed E-state index contributed by atoms with van der Waals surface area (Å²) >= 11 is 0. The van der Waals surface area contributed by atoms with E-state index in [9.17, 15) is 9.59 Å². The Kier molecular flexibility index (Phi) is 6.02. The largest absolute Gasteiger partial charge is 0.494 e. The standard InChI is InChI=1S/C18H26N2O3/c1-14(2)8-13-23-17-6-4-16(5-7-17)18(22)20-11-9-19(10-12-20)15(3)21/h4-7,14H,8-13H2,1-3H3. The van der Waals surface area contributed by atoms with Crippen LogP contribution < -0.4 is 4.74 Å². The van der Waals surface area contributed by atoms with Gasteiger partial charge in [0.2, 0.25) is 5.91 Å². The molecule has 1 aliphatic rings. The monoisotopic (exact) mass is 318 g/mol. The predicted octanol–water partition coefficient (Wildman–Crippen LogP) is 2.42. The van der Waals surface area contributed by atoms with Crippen molar-refractivity contribution >= 4 is 11.8 Å². The van der Waals surface area contributed by atoms with Crippen LogP contribution in [0.15, 0.2) is 24.3 Å². The van der Waals surface area contributed by atoms with Gasteiger partial charge in [-0.1, -0.05) is 13.8 Å². The van der Waals surface area contributed by atoms with Crippen LogP contribution in [0.2, 0.25) is 0 Å². The molecule has 126 valence electrons. The third-order valence-corrected chi connectivity index (χ3v) is 4.08. The lowest BCUT2D eigenvalue weighted by Crippen LogP contribution is -2.50. The lowest BCUT2D eigenvalue weighted by Gasteiger charge is -2.34. The maximum Gasteiger partial charge on any atom is 0.253 e. The number of rotatable bonds is 5. The van der Waals surface area contributed by atoms with E-state index in [1.165, 1.54) is 0 Å². The van der Waals surface area contributed by atoms with E-state index >= 15 is 0 Å². The third kappa shape index (κ3) is 4.98. The molecule has 0 saturated carbocycles. The molecule has 5 heteroatoms. The zero-order valence-electron chi connectivity index (χ0n) is 14.2. The molecule has 2 amide bonds. The summed E-state index contributed by atoms with van der Waals surface area (Å²) in [4.78, 5) is 27.4. The smallest absolute Gasteiger partial charge is 0.253 e. The molecule has 0 aromatic heterocycles. The van der Waals surface area contributed by atoms with Crippen LogP contribution >= 0.6 is 0 Å². The van der Waals surface area contributed by atoms with E-state index in [1.54, 1.807) is 16.7 Å². The van der Waals surface area contributed by atoms with Gasteiger partial charge in [-0.3, -0.25) is 9.59 Å². The van der Waals surface area contributed by atoms with Crippen molar-refractivity contribution in [3.8, 4) is 5.75 Å². The highest BCUT2D eigenvalue weighted by Crippen LogP contribution is 2.15. The number of ether oxygens (including phenoxy) is 1. The summed E-state index contributed by atoms with van der Waals surface area (Å²) < 4.78 is 5.67. The van der Waals surface area contributed by atoms with E-state index in [0.717, 1.165) is 12.2 Å². The average Bonchev–Trinajstić information content (AvgIpc) is 2.54. The van der Waals surface area contributed by atoms with Crippen molar-refractivity contribution in [2.24, 2.45) is 5.92 Å². The number of hydrogen-bond acceptors (Lipinski definition) is 3. The third-order valence-electron chi connectivity index (χ3n) is 4.08. The zero-order chi connectivity index (χ0) is 16.8. The SMILES string of the molecule is CC(=O)N1CCN(C(=O)c2ccc(OCCC(C)C)cc2)CC1. The molecule has 1 aromatic carbocycles. The quantitative estimate of drug-likeness (QED) is 0.838. The van der Waals surface area contributed by atoms with Gasteiger partial charge in [-0.2, -0.15) is 0 Å². The van der Waals surface area contributed by atoms with Gasteiger partial charge in [-0.25, -0.2) is 0 Å². The number of benzene rings is 1. The lowest BCUT2D eigenvalue weighted by molar-refractivity contribution is -0.130. The fourth-order valence-corrected chi connectivity index (χ4v) is 2.51. The van der Waals surface area contributed by atoms with Crippen molar-refractivity contribution < 1.29 is 14.3 Å². The van der Waals surface area contributed by atoms with Crippen molar-refractivity contribution in [1.82, 2.24) is 9.80 Å². The second kappa shape index (κ2) is 7.99. The first kappa shape index (κ1) is 17.3. The molecule has 0 atom stereocenters. The van der Waals surface area contributed by atoms with Crippen LogP contribution in [0, 0.1) is 5.92 Å². The van der Waals surface area contributed by atoms with E-state index in [2.05, 4.69) is 13.8 Å². The number of nitrogens with zero attached hydrogens (tertiary/aromatic N) is 2. The number of piperazine rings is 1. The molecular weight excluding hydrogens is 292 g/mol. The van der Waals surface area contributed by atoms with E-state index < -0.39 is 0 Å². The van der Waals surface area contributed by atoms with Gasteiger partial charge in [-0.15, -0.1) is 0 Å². The van der Waals surface area contributed by atoms with E-state index in [4.69, 9.17) is 4.74 Å². The fourth-order valence-electron chi connectivity index (χ4n) is 2.51. The summed E-state index contributed by atoms with van der Waals surface area (Å²) in [5.41, 5.74) is 0.664. The molecule has 1 fully saturated rings. The van der Waals surface area contributed by atoms with Crippen LogP contribution in [0.25, 0.3) is 0 Å². The van der Waals surface area contributed by atoms with Gasteiger partial charge in [0.15, 0.2) is 0 Å². The minimum Gasteiger partial charge on any atom is -0.494 e. The summed E-state index contributed by atoms with van der Waals surface area (Å²) in [5.74, 6) is 1.50. The van der Waals surface area contributed by atoms with Crippen LogP contribution in [-0.2, 0) is 4.79 Å². The molecule has 5 nitrogen and oxygen atoms in total. The highest BCUT2D eigenvalue weighted by atomic mass is 16.5. The minimum absolute atomic E-state index is 0.0157. The van der Waals surface area contributed by atoms with Gasteiger partial charge in [0.05, 0.1) is 6.61 Å². The second-order valence-electron chi connectivity index (χ2n) is 6.35. The Morgan fingerprint density at radius 1 is 1.04 bits per heavy atom. The van der Waals surface area contributed by atoms with Crippen molar-refractivity contribution in [1.29, 1.82) is 0 Å². The fraction of sp³-hybridized carbons (Fsp3) is 0.556. The Bertz CT molecular complexity index is 532. The maximum atomic E-state index is 12.5. The highest BCUT2D eigenvalue weighted by Gasteiger charge is 2.23. The van der Waals surface area contributed by atoms with Crippen LogP contribution in [0.3, 0.4) is 0 Å². The van der Waals surface area contributed by atoms with Gasteiger partial charge in [0, 0.05) is 38.7 Å². The molecule has 0 spiro atoms. The summed E-state index contributed by atoms with van der Waals surface area (Å²) in [6.07, 6.45) is 1.01. The molecule has 0 radical (unpaired) electrons. The average molecular weight is 318 g/mol. The molecule has 0 unspecified atom stereocenters. The number of amides is 2. The first-order valence-electron chi connectivity index (χ1n) is 8.25. The van der Waals surface area contributed by atoms with Gasteiger partial charge in [-0.05, 0) is 36.6 Å². The maximum absolute atomic E-state index is 12.5. The molecule has 2 rings (SSSR count). The van der Waals surface area contributed by atoms with Crippen LogP contribution in [0.5, 0.6) is 5.75 Å². The summed E-state index contributed by atoms with van der Waals surface area (Å²) in [6.45, 7) is 8.98. The molecule has 0 aliphatic carbocycles. The van der Waals surface area contributed by atoms with Crippen LogP contribution in [0.1, 0.15) is 37.6 Å². The summed E-state index contributed by atoms with van der Waals surface area (Å²) in [5, 5.41) is 0. The normalized spacial score (nSPS) is 15.0. The first-order valence-corrected chi connectivity index (χ1v) is 8.25. The summed E-state index contributed by atoms with van der Waals surface area (Å²) in [6, 6.07) is 7.31. The first-order chi connectivity index (χ1) is 11.0.